The summed E-state index contributed by atoms with van der Waals surface area (Å²) in [6.07, 6.45) is 25.1. The first kappa shape index (κ1) is 35.4. The van der Waals surface area contributed by atoms with Crippen LogP contribution in [-0.2, 0) is 28.6 Å². The fraction of sp³-hybridized carbons (Fsp3) is 0.903. The normalized spacial score (nSPS) is 11.8. The molecule has 0 spiro atoms. The maximum Gasteiger partial charge on any atom is 0.306 e. The van der Waals surface area contributed by atoms with Gasteiger partial charge < -0.3 is 14.2 Å². The van der Waals surface area contributed by atoms with Gasteiger partial charge in [-0.2, -0.15) is 0 Å². The van der Waals surface area contributed by atoms with Gasteiger partial charge >= 0.3 is 17.9 Å². The van der Waals surface area contributed by atoms with Gasteiger partial charge in [0.25, 0.3) is 0 Å². The van der Waals surface area contributed by atoms with Gasteiger partial charge in [0.15, 0.2) is 6.10 Å². The highest BCUT2D eigenvalue weighted by atomic mass is 16.6. The van der Waals surface area contributed by atoms with Crippen molar-refractivity contribution in [1.29, 1.82) is 0 Å². The molecule has 218 valence electrons. The second-order valence-electron chi connectivity index (χ2n) is 10.3. The van der Waals surface area contributed by atoms with Crippen LogP contribution in [0.15, 0.2) is 0 Å². The maximum atomic E-state index is 12.0. The number of esters is 3. The smallest absolute Gasteiger partial charge is 0.306 e. The first-order valence-electron chi connectivity index (χ1n) is 15.5. The standard InChI is InChI=1S/C31H58O6/c1-4-7-8-9-10-11-12-13-14-15-16-17-18-19-20-21-22-23-24-25-31(34)36-27-28(37-30(33)6-3)26-35-29(32)5-2/h28H,4-27H2,1-3H3. The molecule has 37 heavy (non-hydrogen) atoms. The van der Waals surface area contributed by atoms with E-state index in [1.807, 2.05) is 0 Å². The molecule has 0 aliphatic rings. The van der Waals surface area contributed by atoms with Crippen LogP contribution >= 0.6 is 0 Å². The first-order chi connectivity index (χ1) is 18.0. The zero-order valence-electron chi connectivity index (χ0n) is 24.5. The number of carbonyl (C=O) groups excluding carboxylic acids is 3. The summed E-state index contributed by atoms with van der Waals surface area (Å²) in [5, 5.41) is 0. The predicted octanol–water partition coefficient (Wildman–Crippen LogP) is 8.63. The molecule has 0 aromatic rings. The van der Waals surface area contributed by atoms with E-state index in [2.05, 4.69) is 6.92 Å². The number of ether oxygens (including phenoxy) is 3. The Hall–Kier alpha value is -1.59. The van der Waals surface area contributed by atoms with Gasteiger partial charge in [-0.15, -0.1) is 0 Å². The fourth-order valence-electron chi connectivity index (χ4n) is 4.28. The van der Waals surface area contributed by atoms with E-state index in [-0.39, 0.29) is 38.0 Å². The van der Waals surface area contributed by atoms with Crippen LogP contribution in [0.1, 0.15) is 162 Å². The van der Waals surface area contributed by atoms with Crippen LogP contribution in [0.3, 0.4) is 0 Å². The lowest BCUT2D eigenvalue weighted by Crippen LogP contribution is -2.30. The van der Waals surface area contributed by atoms with Crippen LogP contribution in [0.25, 0.3) is 0 Å². The Morgan fingerprint density at radius 3 is 1.19 bits per heavy atom. The molecule has 0 saturated carbocycles. The zero-order valence-corrected chi connectivity index (χ0v) is 24.5. The van der Waals surface area contributed by atoms with Crippen molar-refractivity contribution < 1.29 is 28.6 Å². The average Bonchev–Trinajstić information content (AvgIpc) is 2.90. The van der Waals surface area contributed by atoms with Crippen LogP contribution in [0.4, 0.5) is 0 Å². The quantitative estimate of drug-likeness (QED) is 0.0605. The summed E-state index contributed by atoms with van der Waals surface area (Å²) < 4.78 is 15.5. The molecule has 0 fully saturated rings. The molecule has 1 atom stereocenters. The van der Waals surface area contributed by atoms with Crippen molar-refractivity contribution in [2.24, 2.45) is 0 Å². The summed E-state index contributed by atoms with van der Waals surface area (Å²) in [6, 6.07) is 0. The van der Waals surface area contributed by atoms with Gasteiger partial charge in [-0.1, -0.05) is 136 Å². The minimum atomic E-state index is -0.753. The van der Waals surface area contributed by atoms with Crippen LogP contribution in [0, 0.1) is 0 Å². The van der Waals surface area contributed by atoms with Gasteiger partial charge in [0.05, 0.1) is 0 Å². The Kier molecular flexibility index (Phi) is 26.3. The van der Waals surface area contributed by atoms with Gasteiger partial charge in [-0.05, 0) is 6.42 Å². The molecule has 6 heteroatoms. The highest BCUT2D eigenvalue weighted by molar-refractivity contribution is 5.70. The third-order valence-corrected chi connectivity index (χ3v) is 6.72. The average molecular weight is 527 g/mol. The van der Waals surface area contributed by atoms with E-state index >= 15 is 0 Å². The van der Waals surface area contributed by atoms with Gasteiger partial charge in [-0.25, -0.2) is 0 Å². The highest BCUT2D eigenvalue weighted by Gasteiger charge is 2.18. The predicted molar refractivity (Wildman–Crippen MR) is 150 cm³/mol. The molecule has 1 unspecified atom stereocenters. The van der Waals surface area contributed by atoms with E-state index in [0.717, 1.165) is 19.3 Å². The van der Waals surface area contributed by atoms with Crippen molar-refractivity contribution in [2.45, 2.75) is 168 Å². The number of carbonyl (C=O) groups is 3. The van der Waals surface area contributed by atoms with Crippen LogP contribution in [-0.4, -0.2) is 37.2 Å². The summed E-state index contributed by atoms with van der Waals surface area (Å²) in [5.41, 5.74) is 0. The van der Waals surface area contributed by atoms with E-state index < -0.39 is 12.1 Å². The molecule has 0 saturated heterocycles. The Bertz CT molecular complexity index is 548. The molecule has 0 amide bonds. The molecule has 6 nitrogen and oxygen atoms in total. The third kappa shape index (κ3) is 25.8. The first-order valence-corrected chi connectivity index (χ1v) is 15.5. The lowest BCUT2D eigenvalue weighted by Gasteiger charge is -2.17. The molecule has 0 radical (unpaired) electrons. The summed E-state index contributed by atoms with van der Waals surface area (Å²) in [6.45, 7) is 5.47. The van der Waals surface area contributed by atoms with Gasteiger partial charge in [0, 0.05) is 19.3 Å². The molecule has 0 bridgehead atoms. The van der Waals surface area contributed by atoms with Crippen molar-refractivity contribution in [1.82, 2.24) is 0 Å². The van der Waals surface area contributed by atoms with Crippen LogP contribution in [0.2, 0.25) is 0 Å². The van der Waals surface area contributed by atoms with Crippen molar-refractivity contribution in [2.75, 3.05) is 13.2 Å². The van der Waals surface area contributed by atoms with Crippen LogP contribution < -0.4 is 0 Å². The SMILES string of the molecule is CCCCCCCCCCCCCCCCCCCCCC(=O)OCC(COC(=O)CC)OC(=O)CC. The lowest BCUT2D eigenvalue weighted by molar-refractivity contribution is -0.166. The van der Waals surface area contributed by atoms with E-state index in [9.17, 15) is 14.4 Å². The lowest BCUT2D eigenvalue weighted by atomic mass is 10.0. The molecule has 0 heterocycles. The monoisotopic (exact) mass is 526 g/mol. The molecule has 0 aliphatic heterocycles. The number of hydrogen-bond acceptors (Lipinski definition) is 6. The minimum absolute atomic E-state index is 0.0826. The van der Waals surface area contributed by atoms with Crippen molar-refractivity contribution in [3.63, 3.8) is 0 Å². The van der Waals surface area contributed by atoms with Gasteiger partial charge in [-0.3, -0.25) is 14.4 Å². The Morgan fingerprint density at radius 1 is 0.459 bits per heavy atom. The van der Waals surface area contributed by atoms with Gasteiger partial charge in [0.1, 0.15) is 13.2 Å². The number of rotatable bonds is 27. The topological polar surface area (TPSA) is 78.9 Å². The molecule has 0 aromatic carbocycles. The number of unbranched alkanes of at least 4 members (excludes halogenated alkanes) is 18. The molecule has 0 N–H and O–H groups in total. The zero-order chi connectivity index (χ0) is 27.4. The highest BCUT2D eigenvalue weighted by Crippen LogP contribution is 2.15. The second-order valence-corrected chi connectivity index (χ2v) is 10.3. The summed E-state index contributed by atoms with van der Waals surface area (Å²) in [4.78, 5) is 34.9. The van der Waals surface area contributed by atoms with E-state index in [4.69, 9.17) is 14.2 Å². The van der Waals surface area contributed by atoms with Crippen molar-refractivity contribution in [3.05, 3.63) is 0 Å². The third-order valence-electron chi connectivity index (χ3n) is 6.72. The van der Waals surface area contributed by atoms with Gasteiger partial charge in [0.2, 0.25) is 0 Å². The van der Waals surface area contributed by atoms with E-state index in [0.29, 0.717) is 6.42 Å². The summed E-state index contributed by atoms with van der Waals surface area (Å²) in [7, 11) is 0. The fourth-order valence-corrected chi connectivity index (χ4v) is 4.28. The maximum absolute atomic E-state index is 12.0. The molecule has 0 aliphatic carbocycles. The van der Waals surface area contributed by atoms with Crippen LogP contribution in [0.5, 0.6) is 0 Å². The molecular formula is C31H58O6. The summed E-state index contributed by atoms with van der Waals surface area (Å²) in [5.74, 6) is -1.09. The number of hydrogen-bond donors (Lipinski definition) is 0. The Labute approximate surface area is 228 Å². The largest absolute Gasteiger partial charge is 0.462 e. The summed E-state index contributed by atoms with van der Waals surface area (Å²) >= 11 is 0. The Morgan fingerprint density at radius 2 is 0.811 bits per heavy atom. The minimum Gasteiger partial charge on any atom is -0.462 e. The Balaban J connectivity index is 3.52. The van der Waals surface area contributed by atoms with E-state index in [1.54, 1.807) is 13.8 Å². The van der Waals surface area contributed by atoms with Crippen molar-refractivity contribution >= 4 is 17.9 Å². The van der Waals surface area contributed by atoms with Crippen molar-refractivity contribution in [3.8, 4) is 0 Å². The van der Waals surface area contributed by atoms with E-state index in [1.165, 1.54) is 103 Å². The molecule has 0 rings (SSSR count). The molecule has 0 aromatic heterocycles. The second kappa shape index (κ2) is 27.4. The molecular weight excluding hydrogens is 468 g/mol.